The van der Waals surface area contributed by atoms with Gasteiger partial charge in [0.25, 0.3) is 5.91 Å². The van der Waals surface area contributed by atoms with Crippen molar-refractivity contribution in [1.29, 1.82) is 0 Å². The first kappa shape index (κ1) is 29.5. The summed E-state index contributed by atoms with van der Waals surface area (Å²) >= 11 is 6.17. The SMILES string of the molecule is CN(C)c1cc(-c2cccc(Cl)c2)c(O)c2c1C[C@@]1(O)C[C@@]3(N)[C@H](N(C)C)C(O)=C(C(N)=O)C(=O)[C@@]3(O)C(O)=C1C2=O. The molecule has 4 atom stereocenters. The highest BCUT2D eigenvalue weighted by Crippen LogP contribution is 2.56. The van der Waals surface area contributed by atoms with E-state index >= 15 is 0 Å². The Labute approximate surface area is 245 Å². The number of benzene rings is 2. The van der Waals surface area contributed by atoms with Crippen molar-refractivity contribution in [3.8, 4) is 16.9 Å². The van der Waals surface area contributed by atoms with Gasteiger partial charge in [-0.25, -0.2) is 0 Å². The van der Waals surface area contributed by atoms with Crippen molar-refractivity contribution >= 4 is 34.8 Å². The van der Waals surface area contributed by atoms with Gasteiger partial charge in [0.2, 0.25) is 11.4 Å². The summed E-state index contributed by atoms with van der Waals surface area (Å²) in [6, 6.07) is 6.68. The smallest absolute Gasteiger partial charge is 0.255 e. The zero-order chi connectivity index (χ0) is 31.3. The number of hydrogen-bond acceptors (Lipinski definition) is 11. The van der Waals surface area contributed by atoms with Crippen molar-refractivity contribution in [2.75, 3.05) is 33.1 Å². The first-order valence-electron chi connectivity index (χ1n) is 12.9. The number of Topliss-reactive ketones (excluding diaryl/α,β-unsaturated/α-hetero) is 2. The topological polar surface area (TPSA) is 211 Å². The minimum atomic E-state index is -3.15. The van der Waals surface area contributed by atoms with Gasteiger partial charge in [0, 0.05) is 43.2 Å². The molecule has 13 heteroatoms. The molecule has 0 fully saturated rings. The number of nitrogens with zero attached hydrogens (tertiary/aromatic N) is 2. The number of phenols is 1. The van der Waals surface area contributed by atoms with Gasteiger partial charge in [-0.1, -0.05) is 23.7 Å². The van der Waals surface area contributed by atoms with Gasteiger partial charge in [-0.3, -0.25) is 19.3 Å². The first-order chi connectivity index (χ1) is 19.4. The van der Waals surface area contributed by atoms with E-state index in [4.69, 9.17) is 23.1 Å². The number of nitrogens with two attached hydrogens (primary N) is 2. The lowest BCUT2D eigenvalue weighted by Crippen LogP contribution is -2.81. The molecule has 3 aliphatic carbocycles. The Morgan fingerprint density at radius 1 is 1.07 bits per heavy atom. The van der Waals surface area contributed by atoms with Crippen LogP contribution in [0.4, 0.5) is 5.69 Å². The van der Waals surface area contributed by atoms with Gasteiger partial charge in [-0.15, -0.1) is 0 Å². The highest BCUT2D eigenvalue weighted by atomic mass is 35.5. The highest BCUT2D eigenvalue weighted by Gasteiger charge is 2.73. The first-order valence-corrected chi connectivity index (χ1v) is 13.3. The van der Waals surface area contributed by atoms with Crippen LogP contribution in [0.15, 0.2) is 53.0 Å². The third kappa shape index (κ3) is 3.66. The van der Waals surface area contributed by atoms with Crippen molar-refractivity contribution in [3.63, 3.8) is 0 Å². The number of likely N-dealkylation sites (N-methyl/N-ethyl adjacent to an activating group) is 1. The number of aromatic hydroxyl groups is 1. The average Bonchev–Trinajstić information content (AvgIpc) is 2.85. The number of ketones is 2. The summed E-state index contributed by atoms with van der Waals surface area (Å²) in [7, 11) is 6.27. The molecule has 12 nitrogen and oxygen atoms in total. The molecular weight excluding hydrogens is 568 g/mol. The highest BCUT2D eigenvalue weighted by molar-refractivity contribution is 6.31. The largest absolute Gasteiger partial charge is 0.510 e. The molecule has 0 aliphatic heterocycles. The summed E-state index contributed by atoms with van der Waals surface area (Å²) < 4.78 is 0. The molecule has 2 aromatic rings. The number of hydrogen-bond donors (Lipinski definition) is 7. The van der Waals surface area contributed by atoms with Crippen molar-refractivity contribution in [1.82, 2.24) is 4.90 Å². The maximum Gasteiger partial charge on any atom is 0.255 e. The van der Waals surface area contributed by atoms with Crippen molar-refractivity contribution in [2.24, 2.45) is 11.5 Å². The summed E-state index contributed by atoms with van der Waals surface area (Å²) in [5, 5.41) is 58.4. The number of primary amides is 1. The Balaban J connectivity index is 1.84. The number of fused-ring (bicyclic) bond motifs is 3. The maximum atomic E-state index is 14.2. The summed E-state index contributed by atoms with van der Waals surface area (Å²) in [5.41, 5.74) is 3.61. The Kier molecular flexibility index (Phi) is 6.53. The lowest BCUT2D eigenvalue weighted by Gasteiger charge is -2.58. The molecule has 0 aromatic heterocycles. The molecule has 0 unspecified atom stereocenters. The van der Waals surface area contributed by atoms with E-state index in [1.165, 1.54) is 19.0 Å². The van der Waals surface area contributed by atoms with Crippen LogP contribution in [0, 0.1) is 0 Å². The summed E-state index contributed by atoms with van der Waals surface area (Å²) in [5.74, 6) is -6.59. The molecule has 1 amide bonds. The monoisotopic (exact) mass is 598 g/mol. The van der Waals surface area contributed by atoms with Gasteiger partial charge in [-0.2, -0.15) is 0 Å². The fourth-order valence-electron chi connectivity index (χ4n) is 6.84. The van der Waals surface area contributed by atoms with E-state index in [0.29, 0.717) is 16.3 Å². The molecule has 222 valence electrons. The number of aliphatic hydroxyl groups excluding tert-OH is 2. The lowest BCUT2D eigenvalue weighted by molar-refractivity contribution is -0.158. The van der Waals surface area contributed by atoms with E-state index in [2.05, 4.69) is 0 Å². The molecule has 42 heavy (non-hydrogen) atoms. The average molecular weight is 599 g/mol. The van der Waals surface area contributed by atoms with Gasteiger partial charge in [0.05, 0.1) is 22.7 Å². The van der Waals surface area contributed by atoms with Gasteiger partial charge >= 0.3 is 0 Å². The van der Waals surface area contributed by atoms with Crippen molar-refractivity contribution in [3.05, 3.63) is 69.1 Å². The van der Waals surface area contributed by atoms with Crippen molar-refractivity contribution < 1.29 is 39.9 Å². The van der Waals surface area contributed by atoms with Crippen LogP contribution in [0.3, 0.4) is 0 Å². The van der Waals surface area contributed by atoms with Crippen LogP contribution >= 0.6 is 11.6 Å². The van der Waals surface area contributed by atoms with Crippen LogP contribution in [0.2, 0.25) is 5.02 Å². The number of halogens is 1. The molecule has 3 aliphatic rings. The summed E-state index contributed by atoms with van der Waals surface area (Å²) in [6.45, 7) is 0. The van der Waals surface area contributed by atoms with Crippen LogP contribution in [0.5, 0.6) is 5.75 Å². The van der Waals surface area contributed by atoms with Crippen LogP contribution in [0.1, 0.15) is 22.3 Å². The van der Waals surface area contributed by atoms with Crippen LogP contribution in [0.25, 0.3) is 11.1 Å². The van der Waals surface area contributed by atoms with E-state index < -0.39 is 75.1 Å². The van der Waals surface area contributed by atoms with Gasteiger partial charge in [-0.05, 0) is 43.4 Å². The second-order valence-corrected chi connectivity index (χ2v) is 12.0. The standard InChI is InChI=1S/C29H31ClN4O8/c1-33(2)16-9-14(12-6-5-7-13(30)8-12)20(35)17-15(16)10-27(41)11-28(32)23(34(3)4)22(37)18(26(31)40)24(38)29(28,42)25(39)19(27)21(17)36/h5-9,23,35,37,39,41-42H,10-11,32H2,1-4H3,(H2,31,40)/t23-,27-,28-,29-/m1/s1. The Hall–Kier alpha value is -3.94. The van der Waals surface area contributed by atoms with E-state index in [9.17, 15) is 39.9 Å². The molecular formula is C29H31ClN4O8. The van der Waals surface area contributed by atoms with E-state index in [1.807, 2.05) is 0 Å². The number of phenolic OH excluding ortho intramolecular Hbond substituents is 1. The number of aliphatic hydroxyl groups is 4. The third-order valence-electron chi connectivity index (χ3n) is 8.55. The normalized spacial score (nSPS) is 28.9. The van der Waals surface area contributed by atoms with Gasteiger partial charge in [0.15, 0.2) is 5.78 Å². The molecule has 5 rings (SSSR count). The van der Waals surface area contributed by atoms with Crippen LogP contribution in [-0.4, -0.2) is 98.9 Å². The number of carbonyl (C=O) groups is 3. The maximum absolute atomic E-state index is 14.2. The van der Waals surface area contributed by atoms with E-state index in [-0.39, 0.29) is 23.1 Å². The fraction of sp³-hybridized carbons (Fsp3) is 0.345. The van der Waals surface area contributed by atoms with Gasteiger partial charge in [0.1, 0.15) is 28.4 Å². The molecule has 0 heterocycles. The molecule has 0 saturated carbocycles. The molecule has 9 N–H and O–H groups in total. The predicted molar refractivity (Wildman–Crippen MR) is 153 cm³/mol. The second kappa shape index (κ2) is 9.28. The van der Waals surface area contributed by atoms with E-state index in [0.717, 1.165) is 0 Å². The number of rotatable bonds is 4. The van der Waals surface area contributed by atoms with Crippen LogP contribution < -0.4 is 16.4 Å². The van der Waals surface area contributed by atoms with Crippen molar-refractivity contribution in [2.45, 2.75) is 35.6 Å². The molecule has 0 spiro atoms. The van der Waals surface area contributed by atoms with Crippen LogP contribution in [-0.2, 0) is 16.0 Å². The number of anilines is 1. The quantitative estimate of drug-likeness (QED) is 0.243. The minimum absolute atomic E-state index is 0.225. The second-order valence-electron chi connectivity index (χ2n) is 11.6. The Morgan fingerprint density at radius 3 is 2.26 bits per heavy atom. The number of amides is 1. The third-order valence-corrected chi connectivity index (χ3v) is 8.78. The summed E-state index contributed by atoms with van der Waals surface area (Å²) in [6.07, 6.45) is -1.09. The molecule has 0 bridgehead atoms. The zero-order valence-corrected chi connectivity index (χ0v) is 24.0. The Bertz CT molecular complexity index is 1670. The summed E-state index contributed by atoms with van der Waals surface area (Å²) in [4.78, 5) is 43.0. The predicted octanol–water partition coefficient (Wildman–Crippen LogP) is 0.703. The Morgan fingerprint density at radius 2 is 1.71 bits per heavy atom. The lowest BCUT2D eigenvalue weighted by atomic mass is 9.53. The minimum Gasteiger partial charge on any atom is -0.510 e. The van der Waals surface area contributed by atoms with Gasteiger partial charge < -0.3 is 41.9 Å². The fourth-order valence-corrected chi connectivity index (χ4v) is 7.03. The molecule has 0 radical (unpaired) electrons. The molecule has 0 saturated heterocycles. The molecule has 2 aromatic carbocycles. The van der Waals surface area contributed by atoms with E-state index in [1.54, 1.807) is 49.3 Å². The number of carbonyl (C=O) groups excluding carboxylic acids is 3. The zero-order valence-electron chi connectivity index (χ0n) is 23.3.